The van der Waals surface area contributed by atoms with Crippen LogP contribution >= 0.6 is 23.1 Å². The zero-order valence-corrected chi connectivity index (χ0v) is 17.0. The summed E-state index contributed by atoms with van der Waals surface area (Å²) < 4.78 is 13.5. The van der Waals surface area contributed by atoms with Gasteiger partial charge in [-0.3, -0.25) is 4.79 Å². The summed E-state index contributed by atoms with van der Waals surface area (Å²) in [5.41, 5.74) is 0. The van der Waals surface area contributed by atoms with Crippen molar-refractivity contribution in [3.8, 4) is 22.2 Å². The van der Waals surface area contributed by atoms with Crippen molar-refractivity contribution in [1.82, 2.24) is 20.1 Å². The van der Waals surface area contributed by atoms with Crippen molar-refractivity contribution in [3.05, 3.63) is 41.8 Å². The number of thiophene rings is 1. The molecule has 9 heteroatoms. The van der Waals surface area contributed by atoms with E-state index >= 15 is 0 Å². The molecule has 0 fully saturated rings. The molecule has 1 atom stereocenters. The highest BCUT2D eigenvalue weighted by Crippen LogP contribution is 2.30. The number of thioether (sulfide) groups is 1. The quantitative estimate of drug-likeness (QED) is 0.597. The third-order valence-electron chi connectivity index (χ3n) is 4.20. The molecule has 0 saturated heterocycles. The summed E-state index contributed by atoms with van der Waals surface area (Å²) in [4.78, 5) is 13.3. The first-order valence-electron chi connectivity index (χ1n) is 8.99. The van der Waals surface area contributed by atoms with Gasteiger partial charge in [0, 0.05) is 6.54 Å². The van der Waals surface area contributed by atoms with Gasteiger partial charge in [0.15, 0.2) is 22.5 Å². The molecule has 0 aliphatic carbocycles. The maximum atomic E-state index is 12.3. The Morgan fingerprint density at radius 1 is 1.29 bits per heavy atom. The fourth-order valence-electron chi connectivity index (χ4n) is 2.84. The van der Waals surface area contributed by atoms with Gasteiger partial charge in [0.05, 0.1) is 17.2 Å². The SMILES string of the molecule is CCn1c(SCC(=O)NCC2COc3ccccc3O2)nnc1-c1cccs1. The van der Waals surface area contributed by atoms with Gasteiger partial charge >= 0.3 is 0 Å². The minimum absolute atomic E-state index is 0.0733. The average Bonchev–Trinajstić information content (AvgIpc) is 3.39. The predicted octanol–water partition coefficient (Wildman–Crippen LogP) is 3.07. The summed E-state index contributed by atoms with van der Waals surface area (Å²) in [5, 5.41) is 14.2. The average molecular weight is 417 g/mol. The molecule has 1 aromatic carbocycles. The topological polar surface area (TPSA) is 78.3 Å². The van der Waals surface area contributed by atoms with Crippen LogP contribution in [-0.4, -0.2) is 45.7 Å². The molecule has 0 spiro atoms. The van der Waals surface area contributed by atoms with Crippen molar-refractivity contribution in [2.75, 3.05) is 18.9 Å². The van der Waals surface area contributed by atoms with Gasteiger partial charge in [-0.25, -0.2) is 0 Å². The molecule has 3 aromatic rings. The van der Waals surface area contributed by atoms with Crippen LogP contribution in [0.2, 0.25) is 0 Å². The van der Waals surface area contributed by atoms with Crippen LogP contribution in [0.1, 0.15) is 6.92 Å². The lowest BCUT2D eigenvalue weighted by Gasteiger charge is -2.26. The molecule has 2 aromatic heterocycles. The third kappa shape index (κ3) is 4.15. The zero-order chi connectivity index (χ0) is 19.3. The van der Waals surface area contributed by atoms with E-state index in [0.29, 0.717) is 18.9 Å². The number of aromatic nitrogens is 3. The van der Waals surface area contributed by atoms with E-state index in [1.54, 1.807) is 11.3 Å². The molecular formula is C19H20N4O3S2. The van der Waals surface area contributed by atoms with E-state index in [4.69, 9.17) is 9.47 Å². The molecule has 0 radical (unpaired) electrons. The number of carbonyl (C=O) groups excluding carboxylic acids is 1. The molecule has 4 rings (SSSR count). The van der Waals surface area contributed by atoms with E-state index < -0.39 is 0 Å². The van der Waals surface area contributed by atoms with Crippen LogP contribution in [0, 0.1) is 0 Å². The Morgan fingerprint density at radius 2 is 2.14 bits per heavy atom. The highest BCUT2D eigenvalue weighted by atomic mass is 32.2. The minimum atomic E-state index is -0.200. The van der Waals surface area contributed by atoms with Crippen molar-refractivity contribution in [3.63, 3.8) is 0 Å². The fraction of sp³-hybridized carbons (Fsp3) is 0.316. The van der Waals surface area contributed by atoms with E-state index in [2.05, 4.69) is 15.5 Å². The van der Waals surface area contributed by atoms with Crippen molar-refractivity contribution >= 4 is 29.0 Å². The second-order valence-electron chi connectivity index (χ2n) is 6.12. The third-order valence-corrected chi connectivity index (χ3v) is 6.03. The van der Waals surface area contributed by atoms with Gasteiger partial charge in [-0.05, 0) is 30.5 Å². The lowest BCUT2D eigenvalue weighted by atomic mass is 10.2. The first-order valence-corrected chi connectivity index (χ1v) is 10.9. The number of nitrogens with zero attached hydrogens (tertiary/aromatic N) is 3. The van der Waals surface area contributed by atoms with E-state index in [-0.39, 0.29) is 17.8 Å². The summed E-state index contributed by atoms with van der Waals surface area (Å²) in [7, 11) is 0. The fourth-order valence-corrected chi connectivity index (χ4v) is 4.39. The molecule has 0 bridgehead atoms. The highest BCUT2D eigenvalue weighted by molar-refractivity contribution is 7.99. The Balaban J connectivity index is 1.28. The van der Waals surface area contributed by atoms with Crippen molar-refractivity contribution in [2.24, 2.45) is 0 Å². The normalized spacial score (nSPS) is 15.4. The van der Waals surface area contributed by atoms with Gasteiger partial charge in [-0.15, -0.1) is 21.5 Å². The van der Waals surface area contributed by atoms with Crippen LogP contribution in [-0.2, 0) is 11.3 Å². The smallest absolute Gasteiger partial charge is 0.230 e. The Morgan fingerprint density at radius 3 is 2.93 bits per heavy atom. The molecule has 1 amide bonds. The number of carbonyl (C=O) groups is 1. The molecule has 1 unspecified atom stereocenters. The van der Waals surface area contributed by atoms with Crippen LogP contribution in [0.25, 0.3) is 10.7 Å². The van der Waals surface area contributed by atoms with Gasteiger partial charge in [-0.1, -0.05) is 30.0 Å². The van der Waals surface area contributed by atoms with Crippen LogP contribution in [0.4, 0.5) is 0 Å². The van der Waals surface area contributed by atoms with E-state index in [0.717, 1.165) is 28.2 Å². The number of fused-ring (bicyclic) bond motifs is 1. The molecule has 0 saturated carbocycles. The molecular weight excluding hydrogens is 396 g/mol. The first kappa shape index (κ1) is 18.8. The molecule has 3 heterocycles. The number of rotatable bonds is 7. The largest absolute Gasteiger partial charge is 0.486 e. The summed E-state index contributed by atoms with van der Waals surface area (Å²) in [6.07, 6.45) is -0.200. The van der Waals surface area contributed by atoms with E-state index in [1.165, 1.54) is 11.8 Å². The Labute approximate surface area is 171 Å². The van der Waals surface area contributed by atoms with Crippen LogP contribution in [0.5, 0.6) is 11.5 Å². The van der Waals surface area contributed by atoms with Gasteiger partial charge in [0.25, 0.3) is 0 Å². The Bertz CT molecular complexity index is 943. The molecule has 1 aliphatic heterocycles. The monoisotopic (exact) mass is 416 g/mol. The molecule has 7 nitrogen and oxygen atoms in total. The molecule has 28 heavy (non-hydrogen) atoms. The van der Waals surface area contributed by atoms with Gasteiger partial charge in [0.2, 0.25) is 5.91 Å². The van der Waals surface area contributed by atoms with Crippen molar-refractivity contribution < 1.29 is 14.3 Å². The van der Waals surface area contributed by atoms with Crippen molar-refractivity contribution in [2.45, 2.75) is 24.7 Å². The maximum absolute atomic E-state index is 12.3. The number of hydrogen-bond acceptors (Lipinski definition) is 7. The summed E-state index contributed by atoms with van der Waals surface area (Å²) in [6, 6.07) is 11.5. The second-order valence-corrected chi connectivity index (χ2v) is 8.01. The highest BCUT2D eigenvalue weighted by Gasteiger charge is 2.21. The summed E-state index contributed by atoms with van der Waals surface area (Å²) in [5.74, 6) is 2.48. The van der Waals surface area contributed by atoms with Crippen molar-refractivity contribution in [1.29, 1.82) is 0 Å². The first-order chi connectivity index (χ1) is 13.7. The number of nitrogens with one attached hydrogen (secondary N) is 1. The minimum Gasteiger partial charge on any atom is -0.486 e. The lowest BCUT2D eigenvalue weighted by Crippen LogP contribution is -2.41. The molecule has 1 N–H and O–H groups in total. The summed E-state index contributed by atoms with van der Waals surface area (Å²) >= 11 is 3.01. The van der Waals surface area contributed by atoms with Crippen LogP contribution < -0.4 is 14.8 Å². The zero-order valence-electron chi connectivity index (χ0n) is 15.3. The number of para-hydroxylation sites is 2. The Kier molecular flexibility index (Phi) is 5.82. The summed E-state index contributed by atoms with van der Waals surface area (Å²) in [6.45, 7) is 3.60. The molecule has 146 valence electrons. The maximum Gasteiger partial charge on any atom is 0.230 e. The van der Waals surface area contributed by atoms with Gasteiger partial charge in [0.1, 0.15) is 12.7 Å². The van der Waals surface area contributed by atoms with Gasteiger partial charge in [-0.2, -0.15) is 0 Å². The number of benzene rings is 1. The predicted molar refractivity (Wildman–Crippen MR) is 109 cm³/mol. The van der Waals surface area contributed by atoms with Gasteiger partial charge < -0.3 is 19.4 Å². The molecule has 1 aliphatic rings. The second kappa shape index (κ2) is 8.66. The standard InChI is InChI=1S/C19H20N4O3S2/c1-2-23-18(16-8-5-9-27-16)21-22-19(23)28-12-17(24)20-10-13-11-25-14-6-3-4-7-15(14)26-13/h3-9,13H,2,10-12H2,1H3,(H,20,24). The number of amides is 1. The van der Waals surface area contributed by atoms with E-state index in [1.807, 2.05) is 53.3 Å². The van der Waals surface area contributed by atoms with E-state index in [9.17, 15) is 4.79 Å². The van der Waals surface area contributed by atoms with Crippen LogP contribution in [0.15, 0.2) is 46.9 Å². The Hall–Kier alpha value is -2.52. The number of hydrogen-bond donors (Lipinski definition) is 1. The number of ether oxygens (including phenoxy) is 2. The van der Waals surface area contributed by atoms with Crippen LogP contribution in [0.3, 0.4) is 0 Å². The lowest BCUT2D eigenvalue weighted by molar-refractivity contribution is -0.119.